The summed E-state index contributed by atoms with van der Waals surface area (Å²) >= 11 is 1.41. The van der Waals surface area contributed by atoms with Crippen molar-refractivity contribution in [3.8, 4) is 0 Å². The van der Waals surface area contributed by atoms with E-state index in [0.717, 1.165) is 23.7 Å². The van der Waals surface area contributed by atoms with E-state index in [1.54, 1.807) is 11.9 Å². The molecule has 24 heavy (non-hydrogen) atoms. The molecule has 1 spiro atoms. The number of nitrogens with one attached hydrogen (secondary N) is 1. The summed E-state index contributed by atoms with van der Waals surface area (Å²) in [6.07, 6.45) is 4.18. The van der Waals surface area contributed by atoms with Crippen molar-refractivity contribution >= 4 is 34.1 Å². The summed E-state index contributed by atoms with van der Waals surface area (Å²) in [5.41, 5.74) is -0.630. The number of aliphatic imine (C=N–C) groups is 1. The maximum absolute atomic E-state index is 12.5. The fourth-order valence-corrected chi connectivity index (χ4v) is 4.14. The van der Waals surface area contributed by atoms with Crippen LogP contribution >= 0.6 is 11.3 Å². The number of hydrogen-bond donors (Lipinski definition) is 1. The first-order valence-corrected chi connectivity index (χ1v) is 9.31. The molecule has 0 atom stereocenters. The van der Waals surface area contributed by atoms with E-state index in [1.165, 1.54) is 11.3 Å². The van der Waals surface area contributed by atoms with Crippen LogP contribution in [0.3, 0.4) is 0 Å². The van der Waals surface area contributed by atoms with Crippen molar-refractivity contribution < 1.29 is 9.59 Å². The van der Waals surface area contributed by atoms with Crippen LogP contribution in [0.15, 0.2) is 4.99 Å². The van der Waals surface area contributed by atoms with Crippen LogP contribution in [0.5, 0.6) is 0 Å². The van der Waals surface area contributed by atoms with Gasteiger partial charge in [0, 0.05) is 19.4 Å². The van der Waals surface area contributed by atoms with Crippen molar-refractivity contribution in [3.63, 3.8) is 0 Å². The molecule has 1 aromatic rings. The average molecular weight is 349 g/mol. The van der Waals surface area contributed by atoms with E-state index in [-0.39, 0.29) is 17.7 Å². The predicted molar refractivity (Wildman–Crippen MR) is 93.1 cm³/mol. The van der Waals surface area contributed by atoms with E-state index in [0.29, 0.717) is 30.8 Å². The summed E-state index contributed by atoms with van der Waals surface area (Å²) in [6, 6.07) is 0. The van der Waals surface area contributed by atoms with Crippen molar-refractivity contribution in [1.29, 1.82) is 0 Å². The summed E-state index contributed by atoms with van der Waals surface area (Å²) in [4.78, 5) is 31.3. The molecule has 1 saturated carbocycles. The molecule has 0 unspecified atom stereocenters. The molecule has 2 aliphatic rings. The number of aromatic nitrogens is 2. The molecule has 1 aromatic heterocycles. The van der Waals surface area contributed by atoms with Crippen LogP contribution in [0.2, 0.25) is 0 Å². The highest BCUT2D eigenvalue weighted by Crippen LogP contribution is 2.40. The molecule has 0 aromatic carbocycles. The van der Waals surface area contributed by atoms with Crippen LogP contribution in [0.4, 0.5) is 5.13 Å². The molecule has 0 saturated heterocycles. The van der Waals surface area contributed by atoms with Crippen LogP contribution in [0.1, 0.15) is 51.0 Å². The van der Waals surface area contributed by atoms with Gasteiger partial charge in [0.25, 0.3) is 5.91 Å². The molecule has 0 radical (unpaired) electrons. The zero-order valence-electron chi connectivity index (χ0n) is 14.3. The number of nitrogens with zero attached hydrogens (tertiary/aromatic N) is 4. The Morgan fingerprint density at radius 3 is 2.54 bits per heavy atom. The number of hydrogen-bond acceptors (Lipinski definition) is 6. The second-order valence-electron chi connectivity index (χ2n) is 6.40. The Morgan fingerprint density at radius 1 is 1.29 bits per heavy atom. The third-order valence-electron chi connectivity index (χ3n) is 4.93. The molecule has 8 heteroatoms. The van der Waals surface area contributed by atoms with E-state index in [9.17, 15) is 9.59 Å². The lowest BCUT2D eigenvalue weighted by molar-refractivity contribution is -0.133. The second kappa shape index (κ2) is 6.58. The van der Waals surface area contributed by atoms with Gasteiger partial charge >= 0.3 is 0 Å². The van der Waals surface area contributed by atoms with Crippen molar-refractivity contribution in [3.05, 3.63) is 5.01 Å². The Bertz CT molecular complexity index is 676. The topological polar surface area (TPSA) is 87.5 Å². The summed E-state index contributed by atoms with van der Waals surface area (Å²) in [6.45, 7) is 4.01. The Balaban J connectivity index is 1.61. The largest absolute Gasteiger partial charge is 0.302 e. The number of rotatable bonds is 4. The van der Waals surface area contributed by atoms with Gasteiger partial charge in [-0.2, -0.15) is 0 Å². The van der Waals surface area contributed by atoms with E-state index in [2.05, 4.69) is 15.5 Å². The second-order valence-corrected chi connectivity index (χ2v) is 7.46. The summed E-state index contributed by atoms with van der Waals surface area (Å²) in [7, 11) is 1.79. The average Bonchev–Trinajstić information content (AvgIpc) is 3.14. The number of amides is 2. The molecule has 3 rings (SSSR count). The van der Waals surface area contributed by atoms with Crippen LogP contribution in [-0.2, 0) is 16.0 Å². The zero-order valence-corrected chi connectivity index (χ0v) is 15.2. The maximum atomic E-state index is 12.5. The quantitative estimate of drug-likeness (QED) is 0.903. The lowest BCUT2D eigenvalue weighted by Crippen LogP contribution is -2.44. The lowest BCUT2D eigenvalue weighted by Gasteiger charge is -2.32. The molecular formula is C16H23N5O2S. The minimum Gasteiger partial charge on any atom is -0.302 e. The summed E-state index contributed by atoms with van der Waals surface area (Å²) in [5, 5.41) is 12.3. The third-order valence-corrected chi connectivity index (χ3v) is 5.92. The molecule has 130 valence electrons. The molecule has 7 nitrogen and oxygen atoms in total. The summed E-state index contributed by atoms with van der Waals surface area (Å²) < 4.78 is 0. The monoisotopic (exact) mass is 349 g/mol. The fraction of sp³-hybridized carbons (Fsp3) is 0.688. The minimum absolute atomic E-state index is 0.0258. The van der Waals surface area contributed by atoms with E-state index in [1.807, 2.05) is 13.8 Å². The smallest absolute Gasteiger partial charge is 0.255 e. The van der Waals surface area contributed by atoms with Crippen molar-refractivity contribution in [1.82, 2.24) is 15.1 Å². The number of anilines is 1. The van der Waals surface area contributed by atoms with Crippen molar-refractivity contribution in [2.45, 2.75) is 57.9 Å². The first-order valence-electron chi connectivity index (χ1n) is 8.49. The fourth-order valence-electron chi connectivity index (χ4n) is 3.45. The maximum Gasteiger partial charge on any atom is 0.255 e. The third kappa shape index (κ3) is 2.94. The Morgan fingerprint density at radius 2 is 2.00 bits per heavy atom. The highest BCUT2D eigenvalue weighted by molar-refractivity contribution is 7.15. The highest BCUT2D eigenvalue weighted by atomic mass is 32.1. The minimum atomic E-state index is -0.630. The Labute approximate surface area is 145 Å². The first kappa shape index (κ1) is 17.0. The van der Waals surface area contributed by atoms with Gasteiger partial charge in [0.2, 0.25) is 11.0 Å². The van der Waals surface area contributed by atoms with Crippen molar-refractivity contribution in [2.24, 2.45) is 10.9 Å². The highest BCUT2D eigenvalue weighted by Gasteiger charge is 2.49. The Kier molecular flexibility index (Phi) is 4.67. The van der Waals surface area contributed by atoms with Crippen LogP contribution in [0.25, 0.3) is 0 Å². The van der Waals surface area contributed by atoms with Crippen LogP contribution < -0.4 is 5.32 Å². The number of aryl methyl sites for hydroxylation is 1. The molecule has 1 aliphatic heterocycles. The van der Waals surface area contributed by atoms with E-state index >= 15 is 0 Å². The zero-order chi connectivity index (χ0) is 17.3. The van der Waals surface area contributed by atoms with Gasteiger partial charge in [-0.25, -0.2) is 0 Å². The first-order chi connectivity index (χ1) is 11.5. The molecule has 2 amide bonds. The van der Waals surface area contributed by atoms with Gasteiger partial charge in [-0.1, -0.05) is 25.2 Å². The van der Waals surface area contributed by atoms with Gasteiger partial charge in [0.1, 0.15) is 16.4 Å². The van der Waals surface area contributed by atoms with Gasteiger partial charge in [-0.15, -0.1) is 10.2 Å². The molecule has 0 bridgehead atoms. The van der Waals surface area contributed by atoms with Gasteiger partial charge < -0.3 is 10.2 Å². The standard InChI is InChI=1S/C16H23N5O2S/c1-4-11-18-16(14(23)21(11)3)8-6-10(7-9-16)13(22)17-15-20-19-12(5-2)24-15/h10H,4-9H2,1-3H3,(H,17,20,22). The van der Waals surface area contributed by atoms with Gasteiger partial charge in [-0.05, 0) is 32.1 Å². The van der Waals surface area contributed by atoms with E-state index < -0.39 is 5.54 Å². The van der Waals surface area contributed by atoms with Crippen LogP contribution in [-0.4, -0.2) is 45.3 Å². The van der Waals surface area contributed by atoms with E-state index in [4.69, 9.17) is 4.99 Å². The van der Waals surface area contributed by atoms with Gasteiger partial charge in [0.05, 0.1) is 0 Å². The Hall–Kier alpha value is -1.83. The SMILES string of the molecule is CCC1=NC2(CCC(C(=O)Nc3nnc(CC)s3)CC2)C(=O)N1C. The molecule has 1 aliphatic carbocycles. The number of likely N-dealkylation sites (N-methyl/N-ethyl adjacent to an activating group) is 1. The number of amidine groups is 1. The molecular weight excluding hydrogens is 326 g/mol. The van der Waals surface area contributed by atoms with Crippen molar-refractivity contribution in [2.75, 3.05) is 12.4 Å². The van der Waals surface area contributed by atoms with Gasteiger partial charge in [0.15, 0.2) is 0 Å². The van der Waals surface area contributed by atoms with Gasteiger partial charge in [-0.3, -0.25) is 14.6 Å². The predicted octanol–water partition coefficient (Wildman–Crippen LogP) is 2.25. The van der Waals surface area contributed by atoms with Crippen LogP contribution in [0, 0.1) is 5.92 Å². The number of carbonyl (C=O) groups is 2. The molecule has 2 heterocycles. The molecule has 1 N–H and O–H groups in total. The lowest BCUT2D eigenvalue weighted by atomic mass is 9.76. The summed E-state index contributed by atoms with van der Waals surface area (Å²) in [5.74, 6) is 0.810. The molecule has 1 fully saturated rings. The number of carbonyl (C=O) groups excluding carboxylic acids is 2. The normalized spacial score (nSPS) is 26.8.